The number of carbonyl (C=O) groups is 1. The van der Waals surface area contributed by atoms with Crippen molar-refractivity contribution in [3.05, 3.63) is 63.4 Å². The molecule has 198 valence electrons. The van der Waals surface area contributed by atoms with Crippen LogP contribution in [0.4, 0.5) is 0 Å². The highest BCUT2D eigenvalue weighted by atomic mass is 31.2. The van der Waals surface area contributed by atoms with Gasteiger partial charge in [0.1, 0.15) is 29.6 Å². The minimum atomic E-state index is -4.27. The molecule has 36 heavy (non-hydrogen) atoms. The van der Waals surface area contributed by atoms with Gasteiger partial charge in [0.15, 0.2) is 6.23 Å². The van der Waals surface area contributed by atoms with Crippen molar-refractivity contribution in [3.8, 4) is 5.75 Å². The molecule has 1 aliphatic rings. The molecular formula is C22H30N3O10P. The highest BCUT2D eigenvalue weighted by Crippen LogP contribution is 2.47. The molecule has 1 saturated heterocycles. The van der Waals surface area contributed by atoms with Crippen LogP contribution in [-0.2, 0) is 23.4 Å². The monoisotopic (exact) mass is 527 g/mol. The molecule has 1 aliphatic heterocycles. The lowest BCUT2D eigenvalue weighted by Gasteiger charge is -2.28. The van der Waals surface area contributed by atoms with Crippen molar-refractivity contribution in [1.29, 1.82) is 0 Å². The Hall–Kier alpha value is -2.80. The molecule has 4 N–H and O–H groups in total. The Morgan fingerprint density at radius 1 is 1.25 bits per heavy atom. The lowest BCUT2D eigenvalue weighted by molar-refractivity contribution is -0.149. The molecule has 14 heteroatoms. The van der Waals surface area contributed by atoms with Crippen molar-refractivity contribution in [2.24, 2.45) is 0 Å². The average molecular weight is 527 g/mol. The van der Waals surface area contributed by atoms with Gasteiger partial charge in [-0.25, -0.2) is 9.36 Å². The number of nitrogens with zero attached hydrogens (tertiary/aromatic N) is 1. The Bertz CT molecular complexity index is 1210. The molecule has 0 radical (unpaired) electrons. The van der Waals surface area contributed by atoms with Crippen LogP contribution in [0, 0.1) is 0 Å². The van der Waals surface area contributed by atoms with E-state index in [4.69, 9.17) is 18.5 Å². The van der Waals surface area contributed by atoms with Gasteiger partial charge in [-0.1, -0.05) is 18.2 Å². The molecule has 0 amide bonds. The number of rotatable bonds is 10. The largest absolute Gasteiger partial charge is 0.462 e. The van der Waals surface area contributed by atoms with Crippen LogP contribution in [0.3, 0.4) is 0 Å². The first-order valence-electron chi connectivity index (χ1n) is 11.2. The second-order valence-electron chi connectivity index (χ2n) is 8.74. The number of para-hydroxylation sites is 1. The molecule has 6 atom stereocenters. The number of aliphatic hydroxyl groups excluding tert-OH is 1. The molecule has 0 aliphatic carbocycles. The first-order chi connectivity index (χ1) is 16.8. The highest BCUT2D eigenvalue weighted by molar-refractivity contribution is 7.52. The Morgan fingerprint density at radius 2 is 1.92 bits per heavy atom. The zero-order valence-corrected chi connectivity index (χ0v) is 21.1. The lowest BCUT2D eigenvalue weighted by Crippen LogP contribution is -2.47. The number of benzene rings is 1. The van der Waals surface area contributed by atoms with E-state index in [1.165, 1.54) is 26.0 Å². The first-order valence-corrected chi connectivity index (χ1v) is 12.7. The van der Waals surface area contributed by atoms with Crippen LogP contribution in [0.2, 0.25) is 0 Å². The smallest absolute Gasteiger partial charge is 0.459 e. The van der Waals surface area contributed by atoms with Gasteiger partial charge in [-0.2, -0.15) is 5.09 Å². The number of aromatic amines is 1. The number of H-pyrrole nitrogens is 1. The second-order valence-corrected chi connectivity index (χ2v) is 10.4. The fraction of sp³-hybridized carbons (Fsp3) is 0.500. The quantitative estimate of drug-likeness (QED) is 0.252. The fourth-order valence-corrected chi connectivity index (χ4v) is 4.90. The molecule has 13 nitrogen and oxygen atoms in total. The van der Waals surface area contributed by atoms with E-state index in [-0.39, 0.29) is 5.75 Å². The molecule has 1 fully saturated rings. The molecule has 0 spiro atoms. The Labute approximate surface area is 206 Å². The SMILES string of the molecule is CC(C)OC(=O)[C@H](C)NP(=O)(OC[C@H]1O[C@@H](n2ccc(=O)[nH]c2=O)C(O)C1(C)O)Oc1ccccc1. The summed E-state index contributed by atoms with van der Waals surface area (Å²) in [5.74, 6) is -0.517. The maximum absolute atomic E-state index is 13.6. The van der Waals surface area contributed by atoms with E-state index in [9.17, 15) is 29.2 Å². The standard InChI is InChI=1S/C22H30N3O10P/c1-13(2)33-20(28)14(3)24-36(31,35-15-8-6-5-7-9-15)32-12-16-22(4,30)18(27)19(34-16)25-11-10-17(26)23-21(25)29/h5-11,13-14,16,18-19,27,30H,12H2,1-4H3,(H,24,31)(H,23,26,29)/t14-,16+,18?,19+,22?,36?/m0/s1. The van der Waals surface area contributed by atoms with Crippen LogP contribution in [0.5, 0.6) is 5.75 Å². The molecule has 2 aromatic rings. The molecule has 0 saturated carbocycles. The summed E-state index contributed by atoms with van der Waals surface area (Å²) in [5, 5.41) is 24.0. The average Bonchev–Trinajstić information content (AvgIpc) is 3.01. The minimum absolute atomic E-state index is 0.176. The third-order valence-electron chi connectivity index (χ3n) is 5.37. The second kappa shape index (κ2) is 11.1. The number of hydrogen-bond donors (Lipinski definition) is 4. The fourth-order valence-electron chi connectivity index (χ4n) is 3.41. The van der Waals surface area contributed by atoms with Gasteiger partial charge in [0, 0.05) is 12.3 Å². The summed E-state index contributed by atoms with van der Waals surface area (Å²) in [6.45, 7) is 5.43. The summed E-state index contributed by atoms with van der Waals surface area (Å²) in [7, 11) is -4.27. The predicted octanol–water partition coefficient (Wildman–Crippen LogP) is 0.679. The first kappa shape index (κ1) is 27.8. The van der Waals surface area contributed by atoms with E-state index in [1.807, 2.05) is 4.98 Å². The summed E-state index contributed by atoms with van der Waals surface area (Å²) < 4.78 is 36.4. The van der Waals surface area contributed by atoms with E-state index in [2.05, 4.69) is 5.09 Å². The van der Waals surface area contributed by atoms with Gasteiger partial charge in [-0.05, 0) is 39.8 Å². The third kappa shape index (κ3) is 6.49. The van der Waals surface area contributed by atoms with Crippen LogP contribution in [0.1, 0.15) is 33.9 Å². The van der Waals surface area contributed by atoms with Crippen LogP contribution < -0.4 is 20.9 Å². The summed E-state index contributed by atoms with van der Waals surface area (Å²) in [6.07, 6.45) is -3.57. The predicted molar refractivity (Wildman–Crippen MR) is 126 cm³/mol. The molecule has 1 aromatic heterocycles. The van der Waals surface area contributed by atoms with E-state index < -0.39 is 67.8 Å². The van der Waals surface area contributed by atoms with E-state index in [1.54, 1.807) is 32.0 Å². The molecule has 3 unspecified atom stereocenters. The third-order valence-corrected chi connectivity index (χ3v) is 7.02. The van der Waals surface area contributed by atoms with Crippen molar-refractivity contribution < 1.29 is 38.1 Å². The molecule has 1 aromatic carbocycles. The van der Waals surface area contributed by atoms with Gasteiger partial charge < -0.3 is 24.2 Å². The maximum Gasteiger partial charge on any atom is 0.459 e. The van der Waals surface area contributed by atoms with Gasteiger partial charge >= 0.3 is 19.4 Å². The Balaban J connectivity index is 1.80. The van der Waals surface area contributed by atoms with Crippen LogP contribution in [-0.4, -0.2) is 62.3 Å². The Morgan fingerprint density at radius 3 is 2.53 bits per heavy atom. The van der Waals surface area contributed by atoms with Crippen LogP contribution >= 0.6 is 7.75 Å². The number of aromatic nitrogens is 2. The van der Waals surface area contributed by atoms with Crippen LogP contribution in [0.25, 0.3) is 0 Å². The number of hydrogen-bond acceptors (Lipinski definition) is 10. The van der Waals surface area contributed by atoms with Crippen LogP contribution in [0.15, 0.2) is 52.2 Å². The van der Waals surface area contributed by atoms with E-state index in [0.717, 1.165) is 16.8 Å². The number of ether oxygens (including phenoxy) is 2. The molecule has 3 rings (SSSR count). The van der Waals surface area contributed by atoms with E-state index >= 15 is 0 Å². The van der Waals surface area contributed by atoms with E-state index in [0.29, 0.717) is 0 Å². The minimum Gasteiger partial charge on any atom is -0.462 e. The normalized spacial score (nSPS) is 26.4. The zero-order valence-electron chi connectivity index (χ0n) is 20.2. The number of nitrogens with one attached hydrogen (secondary N) is 2. The number of carbonyl (C=O) groups excluding carboxylic acids is 1. The summed E-state index contributed by atoms with van der Waals surface area (Å²) >= 11 is 0. The summed E-state index contributed by atoms with van der Waals surface area (Å²) in [4.78, 5) is 37.8. The van der Waals surface area contributed by atoms with Crippen molar-refractivity contribution in [2.45, 2.75) is 63.9 Å². The summed E-state index contributed by atoms with van der Waals surface area (Å²) in [6, 6.07) is 8.02. The Kier molecular flexibility index (Phi) is 8.55. The number of esters is 1. The van der Waals surface area contributed by atoms with Gasteiger partial charge in [-0.15, -0.1) is 0 Å². The van der Waals surface area contributed by atoms with Gasteiger partial charge in [0.25, 0.3) is 5.56 Å². The lowest BCUT2D eigenvalue weighted by atomic mass is 9.95. The van der Waals surface area contributed by atoms with Crippen molar-refractivity contribution in [1.82, 2.24) is 14.6 Å². The van der Waals surface area contributed by atoms with Crippen molar-refractivity contribution in [3.63, 3.8) is 0 Å². The van der Waals surface area contributed by atoms with Gasteiger partial charge in [-0.3, -0.25) is 23.7 Å². The number of aliphatic hydroxyl groups is 2. The molecular weight excluding hydrogens is 497 g/mol. The van der Waals surface area contributed by atoms with Gasteiger partial charge in [0.2, 0.25) is 0 Å². The van der Waals surface area contributed by atoms with Gasteiger partial charge in [0.05, 0.1) is 12.7 Å². The molecule has 2 heterocycles. The summed E-state index contributed by atoms with van der Waals surface area (Å²) in [5.41, 5.74) is -3.47. The zero-order chi connectivity index (χ0) is 26.7. The van der Waals surface area contributed by atoms with Crippen molar-refractivity contribution >= 4 is 13.7 Å². The molecule has 0 bridgehead atoms. The maximum atomic E-state index is 13.6. The topological polar surface area (TPSA) is 178 Å². The van der Waals surface area contributed by atoms with Crippen molar-refractivity contribution in [2.75, 3.05) is 6.61 Å². The highest BCUT2D eigenvalue weighted by Gasteiger charge is 2.54.